The average Bonchev–Trinajstić information content (AvgIpc) is 3.42. The van der Waals surface area contributed by atoms with Crippen LogP contribution in [0.1, 0.15) is 12.0 Å². The largest absolute Gasteiger partial charge is 0.768 e. The van der Waals surface area contributed by atoms with Crippen LogP contribution in [0.3, 0.4) is 0 Å². The molecule has 0 saturated carbocycles. The number of hydrogen-bond donors (Lipinski definition) is 2. The van der Waals surface area contributed by atoms with Crippen molar-refractivity contribution in [3.05, 3.63) is 53.6 Å². The Balaban J connectivity index is 1.19. The monoisotopic (exact) mass is 656 g/mol. The van der Waals surface area contributed by atoms with Gasteiger partial charge in [-0.2, -0.15) is 5.26 Å². The van der Waals surface area contributed by atoms with Crippen molar-refractivity contribution in [2.75, 3.05) is 71.8 Å². The van der Waals surface area contributed by atoms with Gasteiger partial charge in [-0.1, -0.05) is 0 Å². The number of nitrogens with one attached hydrogen (secondary N) is 1. The van der Waals surface area contributed by atoms with Gasteiger partial charge in [-0.3, -0.25) is 4.57 Å². The van der Waals surface area contributed by atoms with E-state index < -0.39 is 41.3 Å². The highest BCUT2D eigenvalue weighted by molar-refractivity contribution is 7.92. The molecule has 2 aromatic carbocycles. The van der Waals surface area contributed by atoms with Crippen LogP contribution < -0.4 is 24.6 Å². The number of quaternary nitrogens is 2. The minimum atomic E-state index is -4.85. The van der Waals surface area contributed by atoms with Crippen LogP contribution in [0.15, 0.2) is 40.6 Å². The molecule has 0 radical (unpaired) electrons. The van der Waals surface area contributed by atoms with Gasteiger partial charge >= 0.3 is 0 Å². The number of benzene rings is 2. The second-order valence-electron chi connectivity index (χ2n) is 11.1. The van der Waals surface area contributed by atoms with E-state index >= 15 is 0 Å². The molecule has 0 spiro atoms. The fraction of sp³-hybridized carbons (Fsp3) is 0.444. The van der Waals surface area contributed by atoms with Crippen LogP contribution in [-0.4, -0.2) is 89.2 Å². The van der Waals surface area contributed by atoms with Gasteiger partial charge in [0.25, 0.3) is 10.0 Å². The Morgan fingerprint density at radius 2 is 1.67 bits per heavy atom. The van der Waals surface area contributed by atoms with Crippen LogP contribution >= 0.6 is 18.9 Å². The van der Waals surface area contributed by atoms with E-state index in [0.717, 1.165) is 97.3 Å². The first kappa shape index (κ1) is 31.7. The highest BCUT2D eigenvalue weighted by atomic mass is 32.2. The van der Waals surface area contributed by atoms with E-state index in [1.807, 2.05) is 4.72 Å². The Bertz CT molecular complexity index is 1690. The quantitative estimate of drug-likeness (QED) is 0.210. The molecule has 4 heterocycles. The maximum absolute atomic E-state index is 15.0. The maximum Gasteiger partial charge on any atom is 0.250 e. The minimum Gasteiger partial charge on any atom is -0.768 e. The predicted molar refractivity (Wildman–Crippen MR) is 155 cm³/mol. The number of fused-ring (bicyclic) bond motifs is 4. The lowest BCUT2D eigenvalue weighted by atomic mass is 10.1. The van der Waals surface area contributed by atoms with E-state index in [-0.39, 0.29) is 20.9 Å². The lowest BCUT2D eigenvalue weighted by Gasteiger charge is -2.55. The van der Waals surface area contributed by atoms with Crippen molar-refractivity contribution >= 4 is 39.0 Å². The highest BCUT2D eigenvalue weighted by Crippen LogP contribution is 2.39. The molecule has 2 bridgehead atoms. The Morgan fingerprint density at radius 1 is 1.02 bits per heavy atom. The molecule has 1 atom stereocenters. The van der Waals surface area contributed by atoms with Gasteiger partial charge in [-0.15, -0.1) is 11.3 Å². The third-order valence-corrected chi connectivity index (χ3v) is 12.6. The third-order valence-electron chi connectivity index (χ3n) is 8.37. The maximum atomic E-state index is 15.0. The Labute approximate surface area is 252 Å². The number of piperazine rings is 3. The number of nitriles is 1. The number of hydrogen-bond acceptors (Lipinski definition) is 9. The van der Waals surface area contributed by atoms with Gasteiger partial charge in [0, 0.05) is 28.6 Å². The van der Waals surface area contributed by atoms with Crippen LogP contribution in [0.25, 0.3) is 10.1 Å². The number of halogens is 2. The van der Waals surface area contributed by atoms with E-state index in [2.05, 4.69) is 0 Å². The van der Waals surface area contributed by atoms with Crippen LogP contribution in [0.4, 0.5) is 8.78 Å². The normalized spacial score (nSPS) is 23.1. The first-order valence-corrected chi connectivity index (χ1v) is 17.9. The molecular formula is C27H33F2N5O6PS2+. The molecule has 3 saturated heterocycles. The van der Waals surface area contributed by atoms with E-state index in [9.17, 15) is 26.7 Å². The number of rotatable bonds is 13. The van der Waals surface area contributed by atoms with Crippen molar-refractivity contribution in [3.8, 4) is 17.6 Å². The summed E-state index contributed by atoms with van der Waals surface area (Å²) in [5, 5.41) is 8.85. The summed E-state index contributed by atoms with van der Waals surface area (Å²) in [6.07, 6.45) is -0.0932. The number of thiophene rings is 1. The van der Waals surface area contributed by atoms with E-state index in [4.69, 9.17) is 20.3 Å². The molecule has 0 amide bonds. The van der Waals surface area contributed by atoms with Gasteiger partial charge in [0.15, 0.2) is 7.60 Å². The van der Waals surface area contributed by atoms with Crippen molar-refractivity contribution in [3.63, 3.8) is 0 Å². The molecule has 16 heteroatoms. The van der Waals surface area contributed by atoms with E-state index in [1.165, 1.54) is 6.07 Å². The van der Waals surface area contributed by atoms with E-state index in [0.29, 0.717) is 23.9 Å². The summed E-state index contributed by atoms with van der Waals surface area (Å²) in [5.41, 5.74) is 5.41. The Kier molecular flexibility index (Phi) is 9.14. The molecule has 3 aliphatic rings. The van der Waals surface area contributed by atoms with Gasteiger partial charge < -0.3 is 28.9 Å². The SMILES string of the molecule is N#Cc1ccc(OP(=O)([O-])CNS(=O)(=O)c2cc3c(F)cc(OCC[N+]45CC[N+](CCCN)(CC4)CC5)cc3s2)cc1F. The first-order valence-electron chi connectivity index (χ1n) is 13.8. The Hall–Kier alpha value is -2.67. The molecule has 0 aliphatic carbocycles. The van der Waals surface area contributed by atoms with E-state index in [1.54, 1.807) is 12.1 Å². The fourth-order valence-corrected chi connectivity index (χ4v) is 9.68. The average molecular weight is 657 g/mol. The first-order chi connectivity index (χ1) is 20.4. The molecule has 3 aliphatic heterocycles. The van der Waals surface area contributed by atoms with Gasteiger partial charge in [0.1, 0.15) is 85.8 Å². The zero-order valence-corrected chi connectivity index (χ0v) is 25.9. The van der Waals surface area contributed by atoms with Gasteiger partial charge in [-0.25, -0.2) is 21.9 Å². The van der Waals surface area contributed by atoms with Crippen molar-refractivity contribution in [2.45, 2.75) is 10.6 Å². The molecule has 6 rings (SSSR count). The van der Waals surface area contributed by atoms with Gasteiger partial charge in [-0.05, 0) is 30.8 Å². The van der Waals surface area contributed by atoms with Gasteiger partial charge in [0.05, 0.1) is 18.4 Å². The Morgan fingerprint density at radius 3 is 2.30 bits per heavy atom. The van der Waals surface area contributed by atoms with Crippen LogP contribution in [0.5, 0.6) is 11.5 Å². The summed E-state index contributed by atoms with van der Waals surface area (Å²) in [7, 11) is -9.22. The number of ether oxygens (including phenoxy) is 1. The molecular weight excluding hydrogens is 623 g/mol. The summed E-state index contributed by atoms with van der Waals surface area (Å²) in [5.74, 6) is -1.76. The smallest absolute Gasteiger partial charge is 0.250 e. The van der Waals surface area contributed by atoms with Gasteiger partial charge in [0.2, 0.25) is 0 Å². The second kappa shape index (κ2) is 12.4. The summed E-state index contributed by atoms with van der Waals surface area (Å²) < 4.78 is 81.6. The zero-order valence-electron chi connectivity index (χ0n) is 23.3. The zero-order chi connectivity index (χ0) is 30.9. The van der Waals surface area contributed by atoms with Crippen LogP contribution in [-0.2, 0) is 14.6 Å². The van der Waals surface area contributed by atoms with Crippen LogP contribution in [0, 0.1) is 23.0 Å². The van der Waals surface area contributed by atoms with Crippen molar-refractivity contribution in [1.82, 2.24) is 4.72 Å². The molecule has 1 unspecified atom stereocenters. The molecule has 3 fully saturated rings. The standard InChI is InChI=1S/C27H33F2N5O6PS2/c28-24-14-21(3-2-20(24)18-31)40-41(35,36)19-32-43(37,38)27-17-23-25(29)15-22(16-26(23)42-27)39-13-12-34-9-6-33(7-10-34,8-11-34)5-1-4-30/h2-3,14-17,32H,1,4-13,19,30H2/q+1. The number of sulfonamides is 1. The second-order valence-corrected chi connectivity index (χ2v) is 15.9. The summed E-state index contributed by atoms with van der Waals surface area (Å²) in [4.78, 5) is 12.3. The molecule has 3 aromatic rings. The predicted octanol–water partition coefficient (Wildman–Crippen LogP) is 2.31. The highest BCUT2D eigenvalue weighted by Gasteiger charge is 2.48. The summed E-state index contributed by atoms with van der Waals surface area (Å²) in [6, 6.07) is 8.34. The fourth-order valence-electron chi connectivity index (χ4n) is 5.73. The lowest BCUT2D eigenvalue weighted by Crippen LogP contribution is -2.75. The van der Waals surface area contributed by atoms with Crippen LogP contribution in [0.2, 0.25) is 0 Å². The number of nitrogens with two attached hydrogens (primary N) is 1. The molecule has 232 valence electrons. The summed E-state index contributed by atoms with van der Waals surface area (Å²) in [6.45, 7) is 9.65. The van der Waals surface area contributed by atoms with Crippen molar-refractivity contribution in [1.29, 1.82) is 5.26 Å². The summed E-state index contributed by atoms with van der Waals surface area (Å²) >= 11 is 0.773. The lowest BCUT2D eigenvalue weighted by molar-refractivity contribution is -1.08. The van der Waals surface area contributed by atoms with Crippen molar-refractivity contribution in [2.24, 2.45) is 5.73 Å². The minimum absolute atomic E-state index is 0.0628. The topological polar surface area (TPSA) is 155 Å². The van der Waals surface area contributed by atoms with Crippen molar-refractivity contribution < 1.29 is 44.9 Å². The molecule has 11 nitrogen and oxygen atoms in total. The molecule has 3 N–H and O–H groups in total. The molecule has 43 heavy (non-hydrogen) atoms. The third kappa shape index (κ3) is 7.19. The molecule has 1 aromatic heterocycles. The number of nitrogens with zero attached hydrogens (tertiary/aromatic N) is 3.